The summed E-state index contributed by atoms with van der Waals surface area (Å²) in [5.74, 6) is 3.48. The number of aromatic amines is 1. The zero-order chi connectivity index (χ0) is 55.0. The van der Waals surface area contributed by atoms with Crippen LogP contribution in [0.4, 0.5) is 16.7 Å². The number of carbonyl (C=O) groups excluding carboxylic acids is 3. The Morgan fingerprint density at radius 3 is 1.70 bits per heavy atom. The van der Waals surface area contributed by atoms with Crippen molar-refractivity contribution in [2.75, 3.05) is 31.1 Å². The van der Waals surface area contributed by atoms with Crippen LogP contribution in [0, 0.1) is 12.3 Å². The van der Waals surface area contributed by atoms with Gasteiger partial charge in [0.05, 0.1) is 24.1 Å². The molecule has 0 aliphatic rings. The number of aryl methyl sites for hydroxylation is 3. The van der Waals surface area contributed by atoms with Crippen molar-refractivity contribution in [1.82, 2.24) is 45.1 Å². The maximum Gasteiger partial charge on any atom is 0.421 e. The Labute approximate surface area is 464 Å². The van der Waals surface area contributed by atoms with E-state index in [1.165, 1.54) is 120 Å². The average Bonchev–Trinajstić information content (AvgIpc) is 4.12. The fourth-order valence-electron chi connectivity index (χ4n) is 8.27. The fourth-order valence-corrected chi connectivity index (χ4v) is 8.27. The highest BCUT2D eigenvalue weighted by atomic mass is 35.5. The van der Waals surface area contributed by atoms with E-state index in [9.17, 15) is 14.4 Å². The van der Waals surface area contributed by atoms with Crippen molar-refractivity contribution >= 4 is 42.2 Å². The number of halogens is 1. The molecule has 0 spiro atoms. The molecule has 0 saturated carbocycles. The summed E-state index contributed by atoms with van der Waals surface area (Å²) < 4.78 is 8.33. The van der Waals surface area contributed by atoms with Crippen LogP contribution in [0.3, 0.4) is 0 Å². The Bertz CT molecular complexity index is 1980. The summed E-state index contributed by atoms with van der Waals surface area (Å²) in [5, 5.41) is 17.6. The van der Waals surface area contributed by atoms with Crippen molar-refractivity contribution < 1.29 is 19.1 Å². The lowest BCUT2D eigenvalue weighted by Gasteiger charge is -2.19. The first-order valence-corrected chi connectivity index (χ1v) is 29.0. The van der Waals surface area contributed by atoms with Crippen LogP contribution >= 0.6 is 12.4 Å². The van der Waals surface area contributed by atoms with Crippen molar-refractivity contribution in [3.8, 4) is 12.3 Å². The smallest absolute Gasteiger partial charge is 0.421 e. The number of amides is 2. The molecule has 0 atom stereocenters. The topological polar surface area (TPSA) is 263 Å². The Balaban J connectivity index is 0.00000117. The number of hydrogen-bond acceptors (Lipinski definition) is 11. The number of azide groups is 1. The van der Waals surface area contributed by atoms with Crippen LogP contribution < -0.4 is 22.1 Å². The monoisotopic (exact) mass is 1080 g/mol. The number of nitrogen functional groups attached to an aromatic ring is 2. The predicted octanol–water partition coefficient (Wildman–Crippen LogP) is 13.9. The standard InChI is InChI=1S/C26H47N7O.C16H32N4O.C15H23N3O2.ClH/c1-2-3-4-5-6-7-8-9-10-11-15-18-25(34)28-19-20-33-22-24(31-32-33)17-14-12-13-16-23-21-29-26(27)30-23;1-2-3-4-5-6-7-8-9-10-11-12-13-16(21)18-14-15-19-20-17;1-5-6-7-8-9-10-12-11-18(13(16)17-12)14(19)20-15(2,3)4;/h21-22H,2-20H2,1H3,(H,28,34)(H3,27,29,30);2-15H2,1H3,(H,18,21);1,11H,6-10H2,2-4H3,(H2,16,17);1H. The molecule has 0 aliphatic carbocycles. The van der Waals surface area contributed by atoms with E-state index in [2.05, 4.69) is 65.7 Å². The van der Waals surface area contributed by atoms with E-state index in [4.69, 9.17) is 28.2 Å². The summed E-state index contributed by atoms with van der Waals surface area (Å²) in [4.78, 5) is 49.3. The van der Waals surface area contributed by atoms with Crippen LogP contribution in [0.15, 0.2) is 23.7 Å². The van der Waals surface area contributed by atoms with E-state index in [1.54, 1.807) is 12.4 Å². The number of aromatic nitrogens is 7. The molecule has 3 rings (SSSR count). The number of unbranched alkanes of at least 4 members (excludes halogenated alkanes) is 25. The average molecular weight is 1080 g/mol. The minimum atomic E-state index is -0.552. The first kappa shape index (κ1) is 70.7. The molecule has 18 nitrogen and oxygen atoms in total. The van der Waals surface area contributed by atoms with E-state index >= 15 is 0 Å². The molecular formula is C57H103ClN14O4. The molecular weight excluding hydrogens is 980 g/mol. The summed E-state index contributed by atoms with van der Waals surface area (Å²) in [6, 6.07) is 0. The van der Waals surface area contributed by atoms with Crippen LogP contribution in [-0.2, 0) is 40.1 Å². The molecule has 7 N–H and O–H groups in total. The summed E-state index contributed by atoms with van der Waals surface area (Å²) >= 11 is 0. The number of terminal acetylenes is 1. The molecule has 3 aromatic rings. The largest absolute Gasteiger partial charge is 0.443 e. The predicted molar refractivity (Wildman–Crippen MR) is 313 cm³/mol. The van der Waals surface area contributed by atoms with Gasteiger partial charge in [-0.1, -0.05) is 165 Å². The summed E-state index contributed by atoms with van der Waals surface area (Å²) in [6.45, 7) is 12.0. The van der Waals surface area contributed by atoms with Crippen molar-refractivity contribution in [3.63, 3.8) is 0 Å². The molecule has 76 heavy (non-hydrogen) atoms. The molecule has 0 radical (unpaired) electrons. The molecule has 3 aromatic heterocycles. The molecule has 432 valence electrons. The lowest BCUT2D eigenvalue weighted by molar-refractivity contribution is -0.122. The third-order valence-corrected chi connectivity index (χ3v) is 12.5. The highest BCUT2D eigenvalue weighted by Crippen LogP contribution is 2.16. The van der Waals surface area contributed by atoms with E-state index in [-0.39, 0.29) is 30.2 Å². The SMILES string of the molecule is C#CCCCCCc1cn(C(=O)OC(C)(C)C)c(N)n1.CCCCCCCCCCCCCC(=O)NCCN=[N+]=[N-].CCCCCCCCCCCCCC(=O)NCCn1cc(CCCCCc2cnc(N)[nH]2)nn1.Cl. The number of nitrogens with two attached hydrogens (primary N) is 2. The minimum Gasteiger partial charge on any atom is -0.443 e. The van der Waals surface area contributed by atoms with Gasteiger partial charge >= 0.3 is 6.09 Å². The fraction of sp³-hybridized carbons (Fsp3) is 0.772. The number of carbonyl (C=O) groups is 3. The van der Waals surface area contributed by atoms with Crippen LogP contribution in [0.25, 0.3) is 10.4 Å². The number of H-pyrrole nitrogens is 1. The molecule has 0 fully saturated rings. The maximum atomic E-state index is 12.0. The highest BCUT2D eigenvalue weighted by molar-refractivity contribution is 5.85. The number of rotatable bonds is 41. The quantitative estimate of drug-likeness (QED) is 0.0118. The Morgan fingerprint density at radius 1 is 0.711 bits per heavy atom. The van der Waals surface area contributed by atoms with E-state index < -0.39 is 11.7 Å². The van der Waals surface area contributed by atoms with Crippen molar-refractivity contribution in [1.29, 1.82) is 0 Å². The summed E-state index contributed by atoms with van der Waals surface area (Å²) in [6.07, 6.45) is 49.7. The zero-order valence-electron chi connectivity index (χ0n) is 47.9. The maximum absolute atomic E-state index is 12.0. The molecule has 0 aliphatic heterocycles. The number of hydrogen-bond donors (Lipinski definition) is 5. The van der Waals surface area contributed by atoms with Gasteiger partial charge in [0.1, 0.15) is 5.60 Å². The number of ether oxygens (including phenoxy) is 1. The second kappa shape index (κ2) is 48.1. The normalized spacial score (nSPS) is 10.7. The third-order valence-electron chi connectivity index (χ3n) is 12.5. The summed E-state index contributed by atoms with van der Waals surface area (Å²) in [5.41, 5.74) is 21.8. The lowest BCUT2D eigenvalue weighted by Crippen LogP contribution is -2.27. The Morgan fingerprint density at radius 2 is 1.20 bits per heavy atom. The highest BCUT2D eigenvalue weighted by Gasteiger charge is 2.20. The number of anilines is 2. The second-order valence-corrected chi connectivity index (χ2v) is 20.8. The van der Waals surface area contributed by atoms with Gasteiger partial charge in [-0.05, 0) is 84.1 Å². The first-order chi connectivity index (χ1) is 36.3. The van der Waals surface area contributed by atoms with E-state index in [1.807, 2.05) is 31.6 Å². The number of nitrogens with zero attached hydrogens (tertiary/aromatic N) is 9. The molecule has 0 unspecified atom stereocenters. The van der Waals surface area contributed by atoms with Crippen LogP contribution in [0.5, 0.6) is 0 Å². The lowest BCUT2D eigenvalue weighted by atomic mass is 10.1. The summed E-state index contributed by atoms with van der Waals surface area (Å²) in [7, 11) is 0. The van der Waals surface area contributed by atoms with Gasteiger partial charge in [-0.3, -0.25) is 14.3 Å². The van der Waals surface area contributed by atoms with Gasteiger partial charge in [-0.25, -0.2) is 19.3 Å². The Kier molecular flexibility index (Phi) is 44.8. The second-order valence-electron chi connectivity index (χ2n) is 20.8. The van der Waals surface area contributed by atoms with Gasteiger partial charge in [0.2, 0.25) is 17.8 Å². The Hall–Kier alpha value is -5.27. The minimum absolute atomic E-state index is 0. The van der Waals surface area contributed by atoms with E-state index in [0.29, 0.717) is 45.0 Å². The van der Waals surface area contributed by atoms with E-state index in [0.717, 1.165) is 107 Å². The van der Waals surface area contributed by atoms with Gasteiger partial charge in [0, 0.05) is 61.9 Å². The van der Waals surface area contributed by atoms with Gasteiger partial charge in [0.25, 0.3) is 0 Å². The van der Waals surface area contributed by atoms with Crippen molar-refractivity contribution in [2.45, 2.75) is 265 Å². The molecule has 2 amide bonds. The van der Waals surface area contributed by atoms with Crippen molar-refractivity contribution in [3.05, 3.63) is 46.1 Å². The van der Waals surface area contributed by atoms with Gasteiger partial charge in [-0.2, -0.15) is 0 Å². The van der Waals surface area contributed by atoms with Crippen molar-refractivity contribution in [2.24, 2.45) is 5.11 Å². The molecule has 0 aromatic carbocycles. The molecule has 0 saturated heterocycles. The first-order valence-electron chi connectivity index (χ1n) is 29.0. The van der Waals surface area contributed by atoms with Crippen LogP contribution in [0.2, 0.25) is 0 Å². The van der Waals surface area contributed by atoms with Crippen LogP contribution in [-0.4, -0.2) is 77.7 Å². The van der Waals surface area contributed by atoms with Gasteiger partial charge in [-0.15, -0.1) is 29.8 Å². The zero-order valence-corrected chi connectivity index (χ0v) is 48.7. The van der Waals surface area contributed by atoms with Gasteiger partial charge in [0.15, 0.2) is 5.95 Å². The number of imidazole rings is 2. The molecule has 19 heteroatoms. The van der Waals surface area contributed by atoms with Crippen LogP contribution in [0.1, 0.15) is 251 Å². The molecule has 0 bridgehead atoms. The third kappa shape index (κ3) is 41.9. The van der Waals surface area contributed by atoms with Gasteiger partial charge < -0.3 is 31.8 Å². The molecule has 3 heterocycles. The number of nitrogens with one attached hydrogen (secondary N) is 3.